The van der Waals surface area contributed by atoms with Crippen LogP contribution in [0.15, 0.2) is 22.7 Å². The van der Waals surface area contributed by atoms with Crippen LogP contribution in [-0.2, 0) is 6.42 Å². The number of aliphatic hydroxyl groups is 1. The van der Waals surface area contributed by atoms with E-state index in [0.29, 0.717) is 16.8 Å². The third kappa shape index (κ3) is 2.10. The Morgan fingerprint density at radius 1 is 1.44 bits per heavy atom. The molecular formula is C14H17BrFNO. The first-order valence-corrected chi connectivity index (χ1v) is 7.25. The number of nitrogens with zero attached hydrogens (tertiary/aromatic N) is 1. The summed E-state index contributed by atoms with van der Waals surface area (Å²) in [6.07, 6.45) is 2.40. The number of fused-ring (bicyclic) bond motifs is 2. The normalized spacial score (nSPS) is 34.8. The Labute approximate surface area is 115 Å². The van der Waals surface area contributed by atoms with Gasteiger partial charge in [0.1, 0.15) is 5.82 Å². The zero-order valence-electron chi connectivity index (χ0n) is 10.2. The van der Waals surface area contributed by atoms with Crippen LogP contribution in [0.5, 0.6) is 0 Å². The molecule has 0 aromatic heterocycles. The summed E-state index contributed by atoms with van der Waals surface area (Å²) in [6, 6.07) is 5.05. The van der Waals surface area contributed by atoms with Gasteiger partial charge >= 0.3 is 0 Å². The van der Waals surface area contributed by atoms with Gasteiger partial charge in [0.05, 0.1) is 10.1 Å². The molecule has 2 aliphatic rings. The van der Waals surface area contributed by atoms with Crippen LogP contribution in [0.2, 0.25) is 0 Å². The van der Waals surface area contributed by atoms with Crippen LogP contribution in [0.25, 0.3) is 0 Å². The fourth-order valence-electron chi connectivity index (χ4n) is 3.28. The lowest BCUT2D eigenvalue weighted by atomic mass is 9.78. The zero-order chi connectivity index (χ0) is 12.8. The molecule has 0 amide bonds. The van der Waals surface area contributed by atoms with Gasteiger partial charge in [0.2, 0.25) is 0 Å². The van der Waals surface area contributed by atoms with Crippen LogP contribution in [0.4, 0.5) is 4.39 Å². The van der Waals surface area contributed by atoms with E-state index in [9.17, 15) is 9.50 Å². The first-order chi connectivity index (χ1) is 8.58. The third-order valence-corrected chi connectivity index (χ3v) is 5.31. The molecule has 2 nitrogen and oxygen atoms in total. The van der Waals surface area contributed by atoms with Gasteiger partial charge < -0.3 is 10.0 Å². The van der Waals surface area contributed by atoms with Crippen molar-refractivity contribution in [1.29, 1.82) is 0 Å². The molecule has 2 fully saturated rings. The Morgan fingerprint density at radius 3 is 3.11 bits per heavy atom. The molecule has 3 rings (SSSR count). The number of benzene rings is 1. The molecule has 3 atom stereocenters. The number of piperidine rings is 1. The summed E-state index contributed by atoms with van der Waals surface area (Å²) in [5.74, 6) is 0.0846. The second-order valence-electron chi connectivity index (χ2n) is 5.53. The van der Waals surface area contributed by atoms with E-state index in [-0.39, 0.29) is 5.82 Å². The second-order valence-corrected chi connectivity index (χ2v) is 6.32. The predicted molar refractivity (Wildman–Crippen MR) is 71.9 cm³/mol. The van der Waals surface area contributed by atoms with Crippen molar-refractivity contribution in [3.05, 3.63) is 34.1 Å². The Kier molecular flexibility index (Phi) is 3.20. The van der Waals surface area contributed by atoms with Gasteiger partial charge in [0.25, 0.3) is 0 Å². The summed E-state index contributed by atoms with van der Waals surface area (Å²) < 4.78 is 14.0. The molecule has 2 heterocycles. The van der Waals surface area contributed by atoms with Crippen molar-refractivity contribution in [3.8, 4) is 0 Å². The number of hydrogen-bond acceptors (Lipinski definition) is 2. The monoisotopic (exact) mass is 313 g/mol. The van der Waals surface area contributed by atoms with Gasteiger partial charge in [-0.1, -0.05) is 12.1 Å². The minimum atomic E-state index is -0.663. The molecular weight excluding hydrogens is 297 g/mol. The van der Waals surface area contributed by atoms with Crippen LogP contribution in [-0.4, -0.2) is 35.2 Å². The quantitative estimate of drug-likeness (QED) is 0.907. The van der Waals surface area contributed by atoms with E-state index < -0.39 is 5.60 Å². The molecule has 1 N–H and O–H groups in total. The summed E-state index contributed by atoms with van der Waals surface area (Å²) in [5.41, 5.74) is 0.210. The second kappa shape index (κ2) is 4.58. The summed E-state index contributed by atoms with van der Waals surface area (Å²) in [7, 11) is 0. The van der Waals surface area contributed by atoms with Crippen LogP contribution in [0.1, 0.15) is 18.4 Å². The number of hydrogen-bond donors (Lipinski definition) is 1. The predicted octanol–water partition coefficient (Wildman–Crippen LogP) is 2.59. The fourth-order valence-corrected chi connectivity index (χ4v) is 3.68. The number of halogens is 2. The van der Waals surface area contributed by atoms with E-state index in [1.807, 2.05) is 6.07 Å². The van der Waals surface area contributed by atoms with Crippen LogP contribution in [0.3, 0.4) is 0 Å². The van der Waals surface area contributed by atoms with Crippen molar-refractivity contribution in [3.63, 3.8) is 0 Å². The van der Waals surface area contributed by atoms with Gasteiger partial charge in [0.15, 0.2) is 0 Å². The van der Waals surface area contributed by atoms with Gasteiger partial charge in [-0.15, -0.1) is 0 Å². The Bertz CT molecular complexity index is 467. The molecule has 0 aliphatic carbocycles. The minimum Gasteiger partial charge on any atom is -0.389 e. The highest BCUT2D eigenvalue weighted by Crippen LogP contribution is 2.39. The van der Waals surface area contributed by atoms with E-state index in [4.69, 9.17) is 0 Å². The van der Waals surface area contributed by atoms with Crippen molar-refractivity contribution < 1.29 is 9.50 Å². The summed E-state index contributed by atoms with van der Waals surface area (Å²) >= 11 is 3.29. The largest absolute Gasteiger partial charge is 0.389 e. The van der Waals surface area contributed by atoms with Gasteiger partial charge in [-0.05, 0) is 46.9 Å². The molecule has 2 aliphatic heterocycles. The van der Waals surface area contributed by atoms with E-state index in [0.717, 1.165) is 38.0 Å². The maximum Gasteiger partial charge on any atom is 0.137 e. The van der Waals surface area contributed by atoms with E-state index in [1.54, 1.807) is 6.07 Å². The summed E-state index contributed by atoms with van der Waals surface area (Å²) in [6.45, 7) is 3.04. The summed E-state index contributed by atoms with van der Waals surface area (Å²) in [5, 5.41) is 10.9. The van der Waals surface area contributed by atoms with Gasteiger partial charge in [-0.2, -0.15) is 0 Å². The molecule has 1 aromatic rings. The molecule has 4 heteroatoms. The minimum absolute atomic E-state index is 0.250. The Balaban J connectivity index is 1.85. The lowest BCUT2D eigenvalue weighted by Crippen LogP contribution is -2.47. The van der Waals surface area contributed by atoms with E-state index >= 15 is 0 Å². The van der Waals surface area contributed by atoms with Crippen molar-refractivity contribution in [2.24, 2.45) is 5.92 Å². The molecule has 1 aromatic carbocycles. The first kappa shape index (κ1) is 12.6. The molecule has 0 radical (unpaired) electrons. The van der Waals surface area contributed by atoms with Gasteiger partial charge in [0, 0.05) is 25.4 Å². The van der Waals surface area contributed by atoms with Gasteiger partial charge in [-0.25, -0.2) is 4.39 Å². The van der Waals surface area contributed by atoms with Crippen LogP contribution < -0.4 is 0 Å². The lowest BCUT2D eigenvalue weighted by molar-refractivity contribution is -0.0440. The molecule has 0 saturated carbocycles. The van der Waals surface area contributed by atoms with Crippen molar-refractivity contribution in [1.82, 2.24) is 4.90 Å². The maximum atomic E-state index is 13.5. The van der Waals surface area contributed by atoms with Crippen molar-refractivity contribution in [2.45, 2.75) is 24.9 Å². The first-order valence-electron chi connectivity index (χ1n) is 6.46. The van der Waals surface area contributed by atoms with E-state index in [2.05, 4.69) is 20.8 Å². The third-order valence-electron chi connectivity index (χ3n) is 4.42. The van der Waals surface area contributed by atoms with Crippen LogP contribution >= 0.6 is 15.9 Å². The number of rotatable bonds is 2. The average molecular weight is 314 g/mol. The smallest absolute Gasteiger partial charge is 0.137 e. The molecule has 18 heavy (non-hydrogen) atoms. The lowest BCUT2D eigenvalue weighted by Gasteiger charge is -2.39. The topological polar surface area (TPSA) is 23.5 Å². The maximum absolute atomic E-state index is 13.5. The molecule has 0 spiro atoms. The Morgan fingerprint density at radius 2 is 2.28 bits per heavy atom. The molecule has 2 bridgehead atoms. The van der Waals surface area contributed by atoms with E-state index in [1.165, 1.54) is 6.07 Å². The van der Waals surface area contributed by atoms with Crippen molar-refractivity contribution >= 4 is 15.9 Å². The van der Waals surface area contributed by atoms with Crippen LogP contribution in [0, 0.1) is 11.7 Å². The molecule has 98 valence electrons. The Hall–Kier alpha value is -0.450. The highest BCUT2D eigenvalue weighted by molar-refractivity contribution is 9.10. The van der Waals surface area contributed by atoms with Crippen molar-refractivity contribution in [2.75, 3.05) is 19.6 Å². The highest BCUT2D eigenvalue weighted by atomic mass is 79.9. The zero-order valence-corrected chi connectivity index (χ0v) is 11.8. The van der Waals surface area contributed by atoms with Gasteiger partial charge in [-0.3, -0.25) is 0 Å². The molecule has 2 saturated heterocycles. The summed E-state index contributed by atoms with van der Waals surface area (Å²) in [4.78, 5) is 2.40. The standard InChI is InChI=1S/C14H17BrFNO/c15-13-10(2-1-3-12(13)16)8-14(18)5-7-17-6-4-11(14)9-17/h1-3,11,18H,4-9H2. The fraction of sp³-hybridized carbons (Fsp3) is 0.571. The highest BCUT2D eigenvalue weighted by Gasteiger charge is 2.44. The molecule has 3 unspecified atom stereocenters. The SMILES string of the molecule is OC1(Cc2cccc(F)c2Br)CCN2CCC1C2. The average Bonchev–Trinajstić information content (AvgIpc) is 2.77.